The Morgan fingerprint density at radius 3 is 2.65 bits per heavy atom. The molecule has 1 aromatic carbocycles. The zero-order valence-electron chi connectivity index (χ0n) is 12.0. The number of likely N-dealkylation sites (N-methyl/N-ethyl adjacent to an activating group) is 1. The molecule has 2 aromatic rings. The van der Waals surface area contributed by atoms with Crippen molar-refractivity contribution in [2.75, 3.05) is 20.8 Å². The van der Waals surface area contributed by atoms with Crippen LogP contribution in [0.4, 0.5) is 0 Å². The summed E-state index contributed by atoms with van der Waals surface area (Å²) in [7, 11) is 3.58. The highest BCUT2D eigenvalue weighted by atomic mass is 16.5. The van der Waals surface area contributed by atoms with Gasteiger partial charge >= 0.3 is 0 Å². The Balaban J connectivity index is 2.08. The second-order valence-electron chi connectivity index (χ2n) is 4.82. The zero-order valence-corrected chi connectivity index (χ0v) is 12.0. The van der Waals surface area contributed by atoms with E-state index in [1.54, 1.807) is 13.4 Å². The lowest BCUT2D eigenvalue weighted by Gasteiger charge is -2.21. The topological polar surface area (TPSA) is 58.7 Å². The third kappa shape index (κ3) is 3.37. The summed E-state index contributed by atoms with van der Waals surface area (Å²) in [6, 6.07) is 7.66. The molecule has 0 radical (unpaired) electrons. The molecule has 1 aromatic heterocycles. The van der Waals surface area contributed by atoms with E-state index in [1.807, 2.05) is 43.1 Å². The van der Waals surface area contributed by atoms with Crippen LogP contribution in [0.3, 0.4) is 0 Å². The van der Waals surface area contributed by atoms with Gasteiger partial charge in [-0.25, -0.2) is 4.98 Å². The van der Waals surface area contributed by atoms with Crippen LogP contribution >= 0.6 is 0 Å². The SMILES string of the molecule is COc1ccc(-c2nc(CN(C)C(C)CO)co2)cc1. The van der Waals surface area contributed by atoms with Gasteiger partial charge in [-0.15, -0.1) is 0 Å². The van der Waals surface area contributed by atoms with Crippen molar-refractivity contribution in [3.63, 3.8) is 0 Å². The fourth-order valence-corrected chi connectivity index (χ4v) is 1.80. The van der Waals surface area contributed by atoms with Crippen LogP contribution in [0, 0.1) is 0 Å². The van der Waals surface area contributed by atoms with Gasteiger partial charge < -0.3 is 14.3 Å². The maximum atomic E-state index is 9.12. The van der Waals surface area contributed by atoms with Crippen LogP contribution in [0.1, 0.15) is 12.6 Å². The van der Waals surface area contributed by atoms with E-state index in [1.165, 1.54) is 0 Å². The van der Waals surface area contributed by atoms with Crippen molar-refractivity contribution >= 4 is 0 Å². The number of rotatable bonds is 6. The number of oxazole rings is 1. The Morgan fingerprint density at radius 1 is 1.35 bits per heavy atom. The first kappa shape index (κ1) is 14.6. The zero-order chi connectivity index (χ0) is 14.5. The highest BCUT2D eigenvalue weighted by molar-refractivity contribution is 5.54. The molecule has 20 heavy (non-hydrogen) atoms. The van der Waals surface area contributed by atoms with E-state index >= 15 is 0 Å². The van der Waals surface area contributed by atoms with Crippen LogP contribution in [0.5, 0.6) is 5.75 Å². The highest BCUT2D eigenvalue weighted by Crippen LogP contribution is 2.22. The molecule has 0 aliphatic carbocycles. The summed E-state index contributed by atoms with van der Waals surface area (Å²) in [5.74, 6) is 1.39. The molecular formula is C15H20N2O3. The Labute approximate surface area is 118 Å². The molecule has 1 atom stereocenters. The summed E-state index contributed by atoms with van der Waals surface area (Å²) in [5.41, 5.74) is 1.76. The van der Waals surface area contributed by atoms with Crippen molar-refractivity contribution < 1.29 is 14.3 Å². The smallest absolute Gasteiger partial charge is 0.226 e. The molecule has 0 bridgehead atoms. The highest BCUT2D eigenvalue weighted by Gasteiger charge is 2.12. The Bertz CT molecular complexity index is 536. The Hall–Kier alpha value is -1.85. The molecule has 0 saturated carbocycles. The summed E-state index contributed by atoms with van der Waals surface area (Å²) in [6.07, 6.45) is 1.65. The maximum Gasteiger partial charge on any atom is 0.226 e. The number of aromatic nitrogens is 1. The number of benzene rings is 1. The van der Waals surface area contributed by atoms with Crippen LogP contribution in [0.15, 0.2) is 34.9 Å². The van der Waals surface area contributed by atoms with Crippen LogP contribution in [0.25, 0.3) is 11.5 Å². The number of aliphatic hydroxyl groups excluding tert-OH is 1. The first-order valence-corrected chi connectivity index (χ1v) is 6.54. The van der Waals surface area contributed by atoms with Crippen molar-refractivity contribution in [1.82, 2.24) is 9.88 Å². The molecule has 2 rings (SSSR count). The number of methoxy groups -OCH3 is 1. The Kier molecular flexibility index (Phi) is 4.76. The fraction of sp³-hybridized carbons (Fsp3) is 0.400. The average molecular weight is 276 g/mol. The van der Waals surface area contributed by atoms with Crippen molar-refractivity contribution in [3.05, 3.63) is 36.2 Å². The summed E-state index contributed by atoms with van der Waals surface area (Å²) in [4.78, 5) is 6.49. The van der Waals surface area contributed by atoms with Gasteiger partial charge in [0.15, 0.2) is 0 Å². The summed E-state index contributed by atoms with van der Waals surface area (Å²) >= 11 is 0. The van der Waals surface area contributed by atoms with Gasteiger partial charge in [0.2, 0.25) is 5.89 Å². The summed E-state index contributed by atoms with van der Waals surface area (Å²) < 4.78 is 10.6. The minimum Gasteiger partial charge on any atom is -0.497 e. The van der Waals surface area contributed by atoms with Gasteiger partial charge in [-0.05, 0) is 38.2 Å². The minimum atomic E-state index is 0.0936. The number of hydrogen-bond donors (Lipinski definition) is 1. The number of nitrogens with zero attached hydrogens (tertiary/aromatic N) is 2. The van der Waals surface area contributed by atoms with E-state index in [0.29, 0.717) is 12.4 Å². The van der Waals surface area contributed by atoms with Gasteiger partial charge in [0.25, 0.3) is 0 Å². The molecule has 0 fully saturated rings. The minimum absolute atomic E-state index is 0.0936. The Morgan fingerprint density at radius 2 is 2.05 bits per heavy atom. The predicted molar refractivity (Wildman–Crippen MR) is 76.5 cm³/mol. The van der Waals surface area contributed by atoms with E-state index in [-0.39, 0.29) is 12.6 Å². The van der Waals surface area contributed by atoms with Crippen LogP contribution < -0.4 is 4.74 Å². The lowest BCUT2D eigenvalue weighted by atomic mass is 10.2. The van der Waals surface area contributed by atoms with Crippen molar-refractivity contribution in [1.29, 1.82) is 0 Å². The molecule has 5 nitrogen and oxygen atoms in total. The number of hydrogen-bond acceptors (Lipinski definition) is 5. The predicted octanol–water partition coefficient (Wildman–Crippen LogP) is 2.16. The largest absolute Gasteiger partial charge is 0.497 e. The van der Waals surface area contributed by atoms with Crippen LogP contribution in [0.2, 0.25) is 0 Å². The summed E-state index contributed by atoms with van der Waals surface area (Å²) in [6.45, 7) is 2.73. The summed E-state index contributed by atoms with van der Waals surface area (Å²) in [5, 5.41) is 9.12. The van der Waals surface area contributed by atoms with Gasteiger partial charge in [-0.3, -0.25) is 4.90 Å². The molecule has 0 aliphatic rings. The number of ether oxygens (including phenoxy) is 1. The molecule has 1 heterocycles. The average Bonchev–Trinajstić information content (AvgIpc) is 2.94. The lowest BCUT2D eigenvalue weighted by molar-refractivity contribution is 0.153. The molecular weight excluding hydrogens is 256 g/mol. The molecule has 1 N–H and O–H groups in total. The van der Waals surface area contributed by atoms with Crippen LogP contribution in [-0.4, -0.2) is 41.8 Å². The van der Waals surface area contributed by atoms with E-state index in [2.05, 4.69) is 4.98 Å². The van der Waals surface area contributed by atoms with Crippen molar-refractivity contribution in [2.45, 2.75) is 19.5 Å². The van der Waals surface area contributed by atoms with E-state index in [4.69, 9.17) is 14.3 Å². The van der Waals surface area contributed by atoms with Gasteiger partial charge in [-0.1, -0.05) is 0 Å². The molecule has 0 aliphatic heterocycles. The second-order valence-corrected chi connectivity index (χ2v) is 4.82. The number of aliphatic hydroxyl groups is 1. The molecule has 5 heteroatoms. The first-order chi connectivity index (χ1) is 9.63. The fourth-order valence-electron chi connectivity index (χ4n) is 1.80. The monoisotopic (exact) mass is 276 g/mol. The molecule has 0 amide bonds. The normalized spacial score (nSPS) is 12.7. The van der Waals surface area contributed by atoms with Gasteiger partial charge in [0, 0.05) is 18.2 Å². The van der Waals surface area contributed by atoms with Crippen molar-refractivity contribution in [3.8, 4) is 17.2 Å². The molecule has 0 spiro atoms. The van der Waals surface area contributed by atoms with E-state index in [9.17, 15) is 0 Å². The van der Waals surface area contributed by atoms with E-state index < -0.39 is 0 Å². The standard InChI is InChI=1S/C15H20N2O3/c1-11(9-18)17(2)8-13-10-20-15(16-13)12-4-6-14(19-3)7-5-12/h4-7,10-11,18H,8-9H2,1-3H3. The third-order valence-electron chi connectivity index (χ3n) is 3.32. The van der Waals surface area contributed by atoms with Crippen molar-refractivity contribution in [2.24, 2.45) is 0 Å². The lowest BCUT2D eigenvalue weighted by Crippen LogP contribution is -2.31. The quantitative estimate of drug-likeness (QED) is 0.876. The van der Waals surface area contributed by atoms with Gasteiger partial charge in [-0.2, -0.15) is 0 Å². The van der Waals surface area contributed by atoms with Crippen LogP contribution in [-0.2, 0) is 6.54 Å². The molecule has 1 unspecified atom stereocenters. The molecule has 0 saturated heterocycles. The van der Waals surface area contributed by atoms with E-state index in [0.717, 1.165) is 17.0 Å². The first-order valence-electron chi connectivity index (χ1n) is 6.54. The molecule has 108 valence electrons. The van der Waals surface area contributed by atoms with Gasteiger partial charge in [0.05, 0.1) is 19.4 Å². The maximum absolute atomic E-state index is 9.12. The third-order valence-corrected chi connectivity index (χ3v) is 3.32. The van der Waals surface area contributed by atoms with Gasteiger partial charge in [0.1, 0.15) is 12.0 Å². The second kappa shape index (κ2) is 6.54.